The second-order valence-electron chi connectivity index (χ2n) is 8.40. The van der Waals surface area contributed by atoms with Crippen LogP contribution in [0.1, 0.15) is 23.2 Å². The maximum atomic E-state index is 12.9. The van der Waals surface area contributed by atoms with Crippen LogP contribution in [0.5, 0.6) is 11.6 Å². The first-order valence-corrected chi connectivity index (χ1v) is 11.9. The monoisotopic (exact) mass is 528 g/mol. The second kappa shape index (κ2) is 13.9. The Bertz CT molecular complexity index is 1370. The number of hydrogen-bond donors (Lipinski definition) is 1. The number of nitriles is 1. The Balaban J connectivity index is 1.81. The number of ether oxygens (including phenoxy) is 2. The molecule has 0 fully saturated rings. The van der Waals surface area contributed by atoms with E-state index in [9.17, 15) is 14.4 Å². The first kappa shape index (κ1) is 28.3. The molecular formula is C28H28N6O5. The van der Waals surface area contributed by atoms with Crippen molar-refractivity contribution in [3.63, 3.8) is 0 Å². The summed E-state index contributed by atoms with van der Waals surface area (Å²) in [5, 5.41) is 11.7. The van der Waals surface area contributed by atoms with Crippen LogP contribution in [0.2, 0.25) is 0 Å². The van der Waals surface area contributed by atoms with Gasteiger partial charge in [-0.05, 0) is 42.8 Å². The zero-order chi connectivity index (χ0) is 28.2. The van der Waals surface area contributed by atoms with Crippen LogP contribution >= 0.6 is 0 Å². The van der Waals surface area contributed by atoms with E-state index < -0.39 is 12.0 Å². The number of nitrogens with zero attached hydrogens (tertiary/aromatic N) is 5. The van der Waals surface area contributed by atoms with Gasteiger partial charge in [0, 0.05) is 26.2 Å². The Labute approximate surface area is 226 Å². The minimum atomic E-state index is -0.744. The van der Waals surface area contributed by atoms with Crippen LogP contribution in [0, 0.1) is 18.3 Å². The predicted molar refractivity (Wildman–Crippen MR) is 143 cm³/mol. The molecule has 3 rings (SSSR count). The van der Waals surface area contributed by atoms with Gasteiger partial charge in [-0.2, -0.15) is 5.26 Å². The number of amides is 3. The molecule has 0 saturated carbocycles. The van der Waals surface area contributed by atoms with E-state index in [-0.39, 0.29) is 30.5 Å². The van der Waals surface area contributed by atoms with Crippen molar-refractivity contribution >= 4 is 30.1 Å². The number of aromatic nitrogens is 1. The van der Waals surface area contributed by atoms with Gasteiger partial charge in [-0.3, -0.25) is 19.8 Å². The van der Waals surface area contributed by atoms with Gasteiger partial charge in [0.25, 0.3) is 0 Å². The molecule has 11 nitrogen and oxygen atoms in total. The van der Waals surface area contributed by atoms with Gasteiger partial charge >= 0.3 is 12.0 Å². The van der Waals surface area contributed by atoms with Crippen molar-refractivity contribution in [1.29, 1.82) is 5.26 Å². The number of methoxy groups -OCH3 is 1. The summed E-state index contributed by atoms with van der Waals surface area (Å²) in [5.74, 6) is 0.390. The van der Waals surface area contributed by atoms with Crippen molar-refractivity contribution in [3.8, 4) is 17.7 Å². The van der Waals surface area contributed by atoms with Gasteiger partial charge in [0.2, 0.25) is 18.2 Å². The Morgan fingerprint density at radius 2 is 1.82 bits per heavy atom. The maximum Gasteiger partial charge on any atom is 0.330 e. The summed E-state index contributed by atoms with van der Waals surface area (Å²) < 4.78 is 10.3. The largest absolute Gasteiger partial charge is 0.469 e. The molecule has 0 aliphatic carbocycles. The Kier molecular flexibility index (Phi) is 10.1. The molecular weight excluding hydrogens is 500 g/mol. The van der Waals surface area contributed by atoms with Crippen molar-refractivity contribution in [2.75, 3.05) is 20.7 Å². The van der Waals surface area contributed by atoms with Crippen LogP contribution in [-0.4, -0.2) is 59.9 Å². The summed E-state index contributed by atoms with van der Waals surface area (Å²) >= 11 is 0. The molecule has 2 aromatic carbocycles. The van der Waals surface area contributed by atoms with E-state index in [0.29, 0.717) is 24.4 Å². The van der Waals surface area contributed by atoms with Crippen LogP contribution in [0.25, 0.3) is 0 Å². The fraction of sp³-hybridized carbons (Fsp3) is 0.214. The van der Waals surface area contributed by atoms with E-state index in [1.54, 1.807) is 54.4 Å². The molecule has 1 aromatic heterocycles. The van der Waals surface area contributed by atoms with Crippen molar-refractivity contribution in [1.82, 2.24) is 20.1 Å². The molecule has 0 spiro atoms. The fourth-order valence-corrected chi connectivity index (χ4v) is 3.30. The number of guanidine groups is 1. The molecule has 3 amide bonds. The standard InChI is InChI=1S/C28H28N6O5/c1-20-7-9-21(10-8-20)18-33(2)27(32-28(37)34(19-35)16-15-26(36)38-3)31-22-11-13-24(14-12-22)39-25-6-4-5-23(17-29)30-25/h4-14,19H,15-16,18H2,1-3H3,(H,31,32,37). The van der Waals surface area contributed by atoms with Gasteiger partial charge in [-0.25, -0.2) is 14.8 Å². The second-order valence-corrected chi connectivity index (χ2v) is 8.40. The average Bonchev–Trinajstić information content (AvgIpc) is 2.95. The highest BCUT2D eigenvalue weighted by Crippen LogP contribution is 2.23. The molecule has 0 aliphatic heterocycles. The minimum absolute atomic E-state index is 0.137. The molecule has 200 valence electrons. The highest BCUT2D eigenvalue weighted by molar-refractivity contribution is 6.00. The van der Waals surface area contributed by atoms with Crippen LogP contribution < -0.4 is 10.1 Å². The first-order chi connectivity index (χ1) is 18.8. The number of hydrogen-bond acceptors (Lipinski definition) is 8. The van der Waals surface area contributed by atoms with Crippen molar-refractivity contribution in [2.24, 2.45) is 4.99 Å². The highest BCUT2D eigenvalue weighted by Gasteiger charge is 2.19. The molecule has 0 radical (unpaired) electrons. The normalized spacial score (nSPS) is 10.7. The number of imide groups is 1. The van der Waals surface area contributed by atoms with Crippen molar-refractivity contribution < 1.29 is 23.9 Å². The lowest BCUT2D eigenvalue weighted by molar-refractivity contribution is -0.140. The Morgan fingerprint density at radius 1 is 1.10 bits per heavy atom. The topological polar surface area (TPSA) is 137 Å². The number of aryl methyl sites for hydroxylation is 1. The number of urea groups is 1. The average molecular weight is 529 g/mol. The highest BCUT2D eigenvalue weighted by atomic mass is 16.5. The Hall–Kier alpha value is -5.24. The number of benzene rings is 2. The summed E-state index contributed by atoms with van der Waals surface area (Å²) in [6.45, 7) is 2.27. The third-order valence-corrected chi connectivity index (χ3v) is 5.43. The molecule has 0 atom stereocenters. The zero-order valence-electron chi connectivity index (χ0n) is 21.8. The quantitative estimate of drug-likeness (QED) is 0.191. The zero-order valence-corrected chi connectivity index (χ0v) is 21.8. The summed E-state index contributed by atoms with van der Waals surface area (Å²) in [7, 11) is 2.98. The number of esters is 1. The van der Waals surface area contributed by atoms with E-state index in [1.807, 2.05) is 37.3 Å². The number of pyridine rings is 1. The minimum Gasteiger partial charge on any atom is -0.469 e. The van der Waals surface area contributed by atoms with Gasteiger partial charge in [0.1, 0.15) is 17.5 Å². The lowest BCUT2D eigenvalue weighted by Gasteiger charge is -2.24. The summed E-state index contributed by atoms with van der Waals surface area (Å²) in [6, 6.07) is 20.7. The van der Waals surface area contributed by atoms with Crippen LogP contribution in [-0.2, 0) is 20.9 Å². The molecule has 0 bridgehead atoms. The number of carbonyl (C=O) groups excluding carboxylic acids is 3. The summed E-state index contributed by atoms with van der Waals surface area (Å²) in [4.78, 5) is 47.1. The molecule has 3 aromatic rings. The number of aliphatic imine (C=N–C) groups is 1. The maximum absolute atomic E-state index is 12.9. The van der Waals surface area contributed by atoms with E-state index in [1.165, 1.54) is 7.11 Å². The van der Waals surface area contributed by atoms with Gasteiger partial charge in [0.05, 0.1) is 19.2 Å². The predicted octanol–water partition coefficient (Wildman–Crippen LogP) is 3.90. The molecule has 39 heavy (non-hydrogen) atoms. The number of carbonyl (C=O) groups is 3. The van der Waals surface area contributed by atoms with Gasteiger partial charge in [-0.15, -0.1) is 0 Å². The molecule has 1 N–H and O–H groups in total. The van der Waals surface area contributed by atoms with Crippen LogP contribution in [0.15, 0.2) is 71.7 Å². The van der Waals surface area contributed by atoms with Gasteiger partial charge < -0.3 is 14.4 Å². The Morgan fingerprint density at radius 3 is 2.46 bits per heavy atom. The van der Waals surface area contributed by atoms with Crippen LogP contribution in [0.4, 0.5) is 10.5 Å². The van der Waals surface area contributed by atoms with Crippen molar-refractivity contribution in [2.45, 2.75) is 19.9 Å². The SMILES string of the molecule is COC(=O)CCN(C=O)C(=O)NC(=Nc1ccc(Oc2cccc(C#N)n2)cc1)N(C)Cc1ccc(C)cc1. The van der Waals surface area contributed by atoms with E-state index in [2.05, 4.69) is 20.0 Å². The van der Waals surface area contributed by atoms with Crippen LogP contribution in [0.3, 0.4) is 0 Å². The molecule has 1 heterocycles. The number of rotatable bonds is 9. The molecule has 0 unspecified atom stereocenters. The third-order valence-electron chi connectivity index (χ3n) is 5.43. The van der Waals surface area contributed by atoms with E-state index in [0.717, 1.165) is 16.0 Å². The lowest BCUT2D eigenvalue weighted by atomic mass is 10.1. The van der Waals surface area contributed by atoms with Gasteiger partial charge in [0.15, 0.2) is 0 Å². The third kappa shape index (κ3) is 8.68. The summed E-state index contributed by atoms with van der Waals surface area (Å²) in [5.41, 5.74) is 2.84. The summed E-state index contributed by atoms with van der Waals surface area (Å²) in [6.07, 6.45) is 0.208. The smallest absolute Gasteiger partial charge is 0.330 e. The molecule has 11 heteroatoms. The van der Waals surface area contributed by atoms with E-state index in [4.69, 9.17) is 10.00 Å². The molecule has 0 aliphatic rings. The number of nitrogens with one attached hydrogen (secondary N) is 1. The molecule has 0 saturated heterocycles. The van der Waals surface area contributed by atoms with Gasteiger partial charge in [-0.1, -0.05) is 35.9 Å². The van der Waals surface area contributed by atoms with Crippen molar-refractivity contribution in [3.05, 3.63) is 83.6 Å². The lowest BCUT2D eigenvalue weighted by Crippen LogP contribution is -2.48. The van der Waals surface area contributed by atoms with E-state index >= 15 is 0 Å². The fourth-order valence-electron chi connectivity index (χ4n) is 3.30. The first-order valence-electron chi connectivity index (χ1n) is 11.9.